The number of ether oxygens (including phenoxy) is 2. The average molecular weight is 277 g/mol. The van der Waals surface area contributed by atoms with E-state index in [0.29, 0.717) is 12.4 Å². The van der Waals surface area contributed by atoms with Gasteiger partial charge in [0.15, 0.2) is 0 Å². The summed E-state index contributed by atoms with van der Waals surface area (Å²) in [5.74, 6) is -0.258. The van der Waals surface area contributed by atoms with Gasteiger partial charge >= 0.3 is 5.97 Å². The lowest BCUT2D eigenvalue weighted by molar-refractivity contribution is -0.131. The van der Waals surface area contributed by atoms with Crippen LogP contribution in [0.15, 0.2) is 30.3 Å². The van der Waals surface area contributed by atoms with Gasteiger partial charge in [-0.25, -0.2) is 4.79 Å². The molecule has 0 saturated carbocycles. The number of hydrogen-bond acceptors (Lipinski definition) is 4. The van der Waals surface area contributed by atoms with E-state index in [-0.39, 0.29) is 0 Å². The summed E-state index contributed by atoms with van der Waals surface area (Å²) in [6, 6.07) is 7.42. The summed E-state index contributed by atoms with van der Waals surface area (Å²) in [5, 5.41) is 8.67. The van der Waals surface area contributed by atoms with Gasteiger partial charge in [-0.15, -0.1) is 0 Å². The van der Waals surface area contributed by atoms with Crippen LogP contribution >= 0.6 is 0 Å². The van der Waals surface area contributed by atoms with E-state index in [2.05, 4.69) is 4.90 Å². The summed E-state index contributed by atoms with van der Waals surface area (Å²) in [6.45, 7) is 4.85. The lowest BCUT2D eigenvalue weighted by atomic mass is 10.2. The van der Waals surface area contributed by atoms with Crippen LogP contribution < -0.4 is 4.74 Å². The maximum Gasteiger partial charge on any atom is 0.328 e. The topological polar surface area (TPSA) is 59.0 Å². The maximum atomic E-state index is 10.6. The Kier molecular flexibility index (Phi) is 5.58. The molecule has 5 heteroatoms. The first-order valence-corrected chi connectivity index (χ1v) is 6.68. The summed E-state index contributed by atoms with van der Waals surface area (Å²) in [4.78, 5) is 12.8. The maximum absolute atomic E-state index is 10.6. The van der Waals surface area contributed by atoms with E-state index in [1.807, 2.05) is 24.3 Å². The van der Waals surface area contributed by atoms with Crippen molar-refractivity contribution in [3.63, 3.8) is 0 Å². The summed E-state index contributed by atoms with van der Waals surface area (Å²) in [7, 11) is 0. The molecule has 1 aliphatic heterocycles. The van der Waals surface area contributed by atoms with Crippen molar-refractivity contribution in [3.05, 3.63) is 35.9 Å². The van der Waals surface area contributed by atoms with E-state index in [9.17, 15) is 4.79 Å². The summed E-state index contributed by atoms with van der Waals surface area (Å²) >= 11 is 0. The van der Waals surface area contributed by atoms with Gasteiger partial charge in [-0.2, -0.15) is 0 Å². The first-order valence-electron chi connectivity index (χ1n) is 6.68. The molecule has 0 amide bonds. The van der Waals surface area contributed by atoms with Gasteiger partial charge in [-0.3, -0.25) is 4.90 Å². The van der Waals surface area contributed by atoms with Crippen LogP contribution in [-0.4, -0.2) is 55.4 Å². The Hall–Kier alpha value is -1.85. The molecule has 0 aromatic heterocycles. The molecule has 1 N–H and O–H groups in total. The number of benzene rings is 1. The van der Waals surface area contributed by atoms with Crippen LogP contribution in [0.1, 0.15) is 5.56 Å². The third kappa shape index (κ3) is 4.68. The molecule has 2 rings (SSSR count). The van der Waals surface area contributed by atoms with E-state index >= 15 is 0 Å². The molecule has 0 unspecified atom stereocenters. The van der Waals surface area contributed by atoms with Crippen molar-refractivity contribution in [2.45, 2.75) is 0 Å². The number of nitrogens with zero attached hydrogens (tertiary/aromatic N) is 1. The number of hydrogen-bond donors (Lipinski definition) is 1. The van der Waals surface area contributed by atoms with Crippen LogP contribution in [0.2, 0.25) is 0 Å². The lowest BCUT2D eigenvalue weighted by Gasteiger charge is -2.26. The highest BCUT2D eigenvalue weighted by Gasteiger charge is 2.10. The van der Waals surface area contributed by atoms with Gasteiger partial charge in [0.1, 0.15) is 12.4 Å². The molecule has 1 aromatic carbocycles. The molecule has 1 heterocycles. The van der Waals surface area contributed by atoms with Crippen LogP contribution in [0.5, 0.6) is 5.75 Å². The summed E-state index contributed by atoms with van der Waals surface area (Å²) in [6.07, 6.45) is 2.66. The van der Waals surface area contributed by atoms with Crippen molar-refractivity contribution >= 4 is 12.0 Å². The fraction of sp³-hybridized carbons (Fsp3) is 0.400. The van der Waals surface area contributed by atoms with Crippen molar-refractivity contribution in [3.8, 4) is 5.75 Å². The van der Waals surface area contributed by atoms with Crippen LogP contribution in [0.4, 0.5) is 0 Å². The van der Waals surface area contributed by atoms with Gasteiger partial charge in [-0.05, 0) is 12.1 Å². The lowest BCUT2D eigenvalue weighted by Crippen LogP contribution is -2.38. The largest absolute Gasteiger partial charge is 0.492 e. The van der Waals surface area contributed by atoms with Crippen LogP contribution in [0.3, 0.4) is 0 Å². The highest BCUT2D eigenvalue weighted by molar-refractivity contribution is 5.85. The number of morpholine rings is 1. The Bertz CT molecular complexity index is 467. The number of rotatable bonds is 6. The second-order valence-corrected chi connectivity index (χ2v) is 4.51. The van der Waals surface area contributed by atoms with Gasteiger partial charge < -0.3 is 14.6 Å². The molecule has 5 nitrogen and oxygen atoms in total. The quantitative estimate of drug-likeness (QED) is 0.798. The van der Waals surface area contributed by atoms with Gasteiger partial charge in [-0.1, -0.05) is 18.2 Å². The van der Waals surface area contributed by atoms with Crippen LogP contribution in [0.25, 0.3) is 6.08 Å². The molecule has 1 fully saturated rings. The number of carbonyl (C=O) groups is 1. The Labute approximate surface area is 118 Å². The zero-order chi connectivity index (χ0) is 14.2. The van der Waals surface area contributed by atoms with Crippen molar-refractivity contribution in [2.75, 3.05) is 39.5 Å². The molecule has 0 spiro atoms. The number of aliphatic carboxylic acids is 1. The zero-order valence-corrected chi connectivity index (χ0v) is 11.3. The first kappa shape index (κ1) is 14.6. The zero-order valence-electron chi connectivity index (χ0n) is 11.3. The third-order valence-corrected chi connectivity index (χ3v) is 3.09. The minimum Gasteiger partial charge on any atom is -0.492 e. The predicted octanol–water partition coefficient (Wildman–Crippen LogP) is 1.50. The van der Waals surface area contributed by atoms with E-state index in [1.165, 1.54) is 0 Å². The minimum absolute atomic E-state index is 0.581. The minimum atomic E-state index is -0.965. The highest BCUT2D eigenvalue weighted by atomic mass is 16.5. The van der Waals surface area contributed by atoms with Crippen molar-refractivity contribution in [1.82, 2.24) is 4.90 Å². The SMILES string of the molecule is O=C(O)C=Cc1ccccc1OCCN1CCOCC1. The Morgan fingerprint density at radius 3 is 2.85 bits per heavy atom. The van der Waals surface area contributed by atoms with E-state index in [1.54, 1.807) is 6.08 Å². The molecule has 0 radical (unpaired) electrons. The monoisotopic (exact) mass is 277 g/mol. The van der Waals surface area contributed by atoms with Crippen LogP contribution in [0, 0.1) is 0 Å². The standard InChI is InChI=1S/C15H19NO4/c17-15(18)6-5-13-3-1-2-4-14(13)20-12-9-16-7-10-19-11-8-16/h1-6H,7-12H2,(H,17,18). The molecule has 20 heavy (non-hydrogen) atoms. The van der Waals surface area contributed by atoms with Gasteiger partial charge in [0.25, 0.3) is 0 Å². The molecular weight excluding hydrogens is 258 g/mol. The number of carboxylic acids is 1. The second kappa shape index (κ2) is 7.67. The molecule has 0 aliphatic carbocycles. The van der Waals surface area contributed by atoms with Crippen molar-refractivity contribution in [1.29, 1.82) is 0 Å². The third-order valence-electron chi connectivity index (χ3n) is 3.09. The highest BCUT2D eigenvalue weighted by Crippen LogP contribution is 2.19. The number of carboxylic acid groups (broad SMARTS) is 1. The van der Waals surface area contributed by atoms with Crippen LogP contribution in [-0.2, 0) is 9.53 Å². The van der Waals surface area contributed by atoms with Gasteiger partial charge in [0.05, 0.1) is 13.2 Å². The van der Waals surface area contributed by atoms with E-state index in [4.69, 9.17) is 14.6 Å². The molecule has 1 saturated heterocycles. The normalized spacial score (nSPS) is 16.4. The molecule has 0 bridgehead atoms. The van der Waals surface area contributed by atoms with Crippen molar-refractivity contribution < 1.29 is 19.4 Å². The summed E-state index contributed by atoms with van der Waals surface area (Å²) in [5.41, 5.74) is 0.775. The molecule has 108 valence electrons. The van der Waals surface area contributed by atoms with Crippen molar-refractivity contribution in [2.24, 2.45) is 0 Å². The average Bonchev–Trinajstić information content (AvgIpc) is 2.47. The second-order valence-electron chi connectivity index (χ2n) is 4.51. The van der Waals surface area contributed by atoms with Gasteiger partial charge in [0, 0.05) is 31.3 Å². The van der Waals surface area contributed by atoms with E-state index < -0.39 is 5.97 Å². The fourth-order valence-electron chi connectivity index (χ4n) is 2.02. The molecule has 1 aliphatic rings. The molecule has 1 aromatic rings. The Morgan fingerprint density at radius 1 is 1.35 bits per heavy atom. The Morgan fingerprint density at radius 2 is 2.10 bits per heavy atom. The first-order chi connectivity index (χ1) is 9.75. The molecule has 0 atom stereocenters. The summed E-state index contributed by atoms with van der Waals surface area (Å²) < 4.78 is 11.0. The Balaban J connectivity index is 1.86. The molecular formula is C15H19NO4. The van der Waals surface area contributed by atoms with E-state index in [0.717, 1.165) is 44.5 Å². The fourth-order valence-corrected chi connectivity index (χ4v) is 2.02. The van der Waals surface area contributed by atoms with Gasteiger partial charge in [0.2, 0.25) is 0 Å². The number of para-hydroxylation sites is 1. The smallest absolute Gasteiger partial charge is 0.328 e. The predicted molar refractivity (Wildman–Crippen MR) is 75.9 cm³/mol.